The molecule has 1 rings (SSSR count). The van der Waals surface area contributed by atoms with Gasteiger partial charge in [-0.25, -0.2) is 0 Å². The van der Waals surface area contributed by atoms with Crippen LogP contribution in [0.2, 0.25) is 0 Å². The molecule has 0 N–H and O–H groups in total. The predicted octanol–water partition coefficient (Wildman–Crippen LogP) is 13.4. The predicted molar refractivity (Wildman–Crippen MR) is 210 cm³/mol. The van der Waals surface area contributed by atoms with Crippen molar-refractivity contribution in [3.8, 4) is 0 Å². The molecular weight excluding hydrogens is 574 g/mol. The van der Waals surface area contributed by atoms with E-state index in [-0.39, 0.29) is 0 Å². The van der Waals surface area contributed by atoms with E-state index >= 15 is 0 Å². The van der Waals surface area contributed by atoms with E-state index in [0.29, 0.717) is 5.41 Å². The van der Waals surface area contributed by atoms with Gasteiger partial charge in [-0.2, -0.15) is 0 Å². The van der Waals surface area contributed by atoms with Crippen LogP contribution >= 0.6 is 0 Å². The lowest BCUT2D eigenvalue weighted by Crippen LogP contribution is -2.55. The highest BCUT2D eigenvalue weighted by Crippen LogP contribution is 2.36. The molecular formula is C44H81NO2. The number of hydrogen-bond donors (Lipinski definition) is 0. The molecule has 0 aromatic carbocycles. The molecule has 3 heteroatoms. The Bertz CT molecular complexity index is 692. The first kappa shape index (κ1) is 43.9. The molecule has 1 aliphatic rings. The minimum atomic E-state index is 0.424. The van der Waals surface area contributed by atoms with Crippen molar-refractivity contribution >= 4 is 0 Å². The maximum Gasteiger partial charge on any atom is 0.0472 e. The molecule has 0 bridgehead atoms. The Hall–Kier alpha value is -1.16. The SMILES string of the molecule is CCCCCC=CCC=CCCCCCCCCOCCC1(CCOCCCCCCCCC=CCC=CCCCCC)CN(C)C1. The lowest BCUT2D eigenvalue weighted by atomic mass is 9.75. The average Bonchev–Trinajstić information content (AvgIpc) is 3.06. The highest BCUT2D eigenvalue weighted by Gasteiger charge is 2.40. The highest BCUT2D eigenvalue weighted by atomic mass is 16.5. The van der Waals surface area contributed by atoms with Gasteiger partial charge in [0.15, 0.2) is 0 Å². The van der Waals surface area contributed by atoms with Crippen LogP contribution in [0.3, 0.4) is 0 Å². The maximum absolute atomic E-state index is 6.08. The maximum atomic E-state index is 6.08. The zero-order chi connectivity index (χ0) is 33.8. The quantitative estimate of drug-likeness (QED) is 0.0495. The zero-order valence-corrected chi connectivity index (χ0v) is 32.0. The summed E-state index contributed by atoms with van der Waals surface area (Å²) in [5.74, 6) is 0. The number of allylic oxidation sites excluding steroid dienone is 8. The molecule has 0 aromatic heterocycles. The van der Waals surface area contributed by atoms with Crippen molar-refractivity contribution < 1.29 is 9.47 Å². The monoisotopic (exact) mass is 656 g/mol. The Morgan fingerprint density at radius 3 is 1.13 bits per heavy atom. The highest BCUT2D eigenvalue weighted by molar-refractivity contribution is 4.94. The van der Waals surface area contributed by atoms with Crippen LogP contribution in [0.25, 0.3) is 0 Å². The summed E-state index contributed by atoms with van der Waals surface area (Å²) in [5.41, 5.74) is 0.424. The third-order valence-corrected chi connectivity index (χ3v) is 9.74. The molecule has 0 atom stereocenters. The van der Waals surface area contributed by atoms with E-state index in [0.717, 1.165) is 39.3 Å². The van der Waals surface area contributed by atoms with Gasteiger partial charge in [0, 0.05) is 44.9 Å². The van der Waals surface area contributed by atoms with Crippen molar-refractivity contribution in [2.45, 2.75) is 181 Å². The van der Waals surface area contributed by atoms with Gasteiger partial charge < -0.3 is 14.4 Å². The fourth-order valence-corrected chi connectivity index (χ4v) is 6.71. The summed E-state index contributed by atoms with van der Waals surface area (Å²) >= 11 is 0. The molecule has 0 unspecified atom stereocenters. The summed E-state index contributed by atoms with van der Waals surface area (Å²) in [7, 11) is 2.24. The summed E-state index contributed by atoms with van der Waals surface area (Å²) in [6, 6.07) is 0. The van der Waals surface area contributed by atoms with Crippen molar-refractivity contribution in [3.05, 3.63) is 48.6 Å². The second kappa shape index (κ2) is 34.7. The molecule has 1 heterocycles. The van der Waals surface area contributed by atoms with E-state index in [1.54, 1.807) is 0 Å². The topological polar surface area (TPSA) is 21.7 Å². The van der Waals surface area contributed by atoms with E-state index in [2.05, 4.69) is 74.4 Å². The summed E-state index contributed by atoms with van der Waals surface area (Å²) in [4.78, 5) is 2.45. The number of hydrogen-bond acceptors (Lipinski definition) is 3. The van der Waals surface area contributed by atoms with Gasteiger partial charge in [-0.1, -0.05) is 140 Å². The van der Waals surface area contributed by atoms with E-state index in [1.807, 2.05) is 0 Å². The Morgan fingerprint density at radius 2 is 0.766 bits per heavy atom. The molecule has 274 valence electrons. The van der Waals surface area contributed by atoms with E-state index in [4.69, 9.17) is 9.47 Å². The third kappa shape index (κ3) is 29.5. The van der Waals surface area contributed by atoms with E-state index in [9.17, 15) is 0 Å². The van der Waals surface area contributed by atoms with Gasteiger partial charge >= 0.3 is 0 Å². The second-order valence-corrected chi connectivity index (χ2v) is 14.6. The summed E-state index contributed by atoms with van der Waals surface area (Å²) in [5, 5.41) is 0. The molecule has 0 aromatic rings. The van der Waals surface area contributed by atoms with Gasteiger partial charge in [0.05, 0.1) is 0 Å². The van der Waals surface area contributed by atoms with Gasteiger partial charge in [-0.15, -0.1) is 0 Å². The largest absolute Gasteiger partial charge is 0.381 e. The fraction of sp³-hybridized carbons (Fsp3) is 0.818. The number of ether oxygens (including phenoxy) is 2. The fourth-order valence-electron chi connectivity index (χ4n) is 6.71. The summed E-state index contributed by atoms with van der Waals surface area (Å²) < 4.78 is 12.2. The van der Waals surface area contributed by atoms with Crippen LogP contribution in [0.5, 0.6) is 0 Å². The second-order valence-electron chi connectivity index (χ2n) is 14.6. The summed E-state index contributed by atoms with van der Waals surface area (Å²) in [6.45, 7) is 10.6. The number of unbranched alkanes of at least 4 members (excludes halogenated alkanes) is 18. The molecule has 3 nitrogen and oxygen atoms in total. The first-order valence-corrected chi connectivity index (χ1v) is 20.7. The van der Waals surface area contributed by atoms with E-state index in [1.165, 1.54) is 167 Å². The number of rotatable bonds is 36. The van der Waals surface area contributed by atoms with Crippen LogP contribution in [-0.2, 0) is 9.47 Å². The zero-order valence-electron chi connectivity index (χ0n) is 32.0. The van der Waals surface area contributed by atoms with Crippen LogP contribution in [0.4, 0.5) is 0 Å². The van der Waals surface area contributed by atoms with Crippen LogP contribution in [0.15, 0.2) is 48.6 Å². The molecule has 0 radical (unpaired) electrons. The number of nitrogens with zero attached hydrogens (tertiary/aromatic N) is 1. The van der Waals surface area contributed by atoms with Crippen molar-refractivity contribution in [1.29, 1.82) is 0 Å². The first-order valence-electron chi connectivity index (χ1n) is 20.7. The Labute approximate surface area is 295 Å². The molecule has 1 fully saturated rings. The number of likely N-dealkylation sites (tertiary alicyclic amines) is 1. The van der Waals surface area contributed by atoms with Crippen LogP contribution in [-0.4, -0.2) is 51.5 Å². The molecule has 1 aliphatic heterocycles. The van der Waals surface area contributed by atoms with Gasteiger partial charge in [0.2, 0.25) is 0 Å². The van der Waals surface area contributed by atoms with Crippen LogP contribution in [0, 0.1) is 5.41 Å². The standard InChI is InChI=1S/C44H81NO2/c1-4-6-8-10-12-14-16-18-20-22-24-26-28-30-32-34-38-46-40-36-44(42-45(3)43-44)37-41-47-39-35-33-31-29-27-25-23-21-19-17-15-13-11-9-7-5-2/h12-15,18-21H,4-11,16-17,22-43H2,1-3H3. The smallest absolute Gasteiger partial charge is 0.0472 e. The van der Waals surface area contributed by atoms with Gasteiger partial charge in [-0.05, 0) is 96.9 Å². The minimum Gasteiger partial charge on any atom is -0.381 e. The van der Waals surface area contributed by atoms with Gasteiger partial charge in [0.1, 0.15) is 0 Å². The van der Waals surface area contributed by atoms with Crippen molar-refractivity contribution in [2.75, 3.05) is 46.6 Å². The van der Waals surface area contributed by atoms with E-state index < -0.39 is 0 Å². The first-order chi connectivity index (χ1) is 23.2. The Kier molecular flexibility index (Phi) is 32.4. The Morgan fingerprint density at radius 1 is 0.426 bits per heavy atom. The molecule has 47 heavy (non-hydrogen) atoms. The average molecular weight is 656 g/mol. The lowest BCUT2D eigenvalue weighted by Gasteiger charge is -2.49. The molecule has 0 spiro atoms. The minimum absolute atomic E-state index is 0.424. The van der Waals surface area contributed by atoms with Crippen molar-refractivity contribution in [2.24, 2.45) is 5.41 Å². The van der Waals surface area contributed by atoms with Crippen LogP contribution < -0.4 is 0 Å². The molecule has 0 saturated carbocycles. The molecule has 0 amide bonds. The van der Waals surface area contributed by atoms with Crippen molar-refractivity contribution in [3.63, 3.8) is 0 Å². The van der Waals surface area contributed by atoms with Gasteiger partial charge in [0.25, 0.3) is 0 Å². The van der Waals surface area contributed by atoms with Crippen molar-refractivity contribution in [1.82, 2.24) is 4.90 Å². The Balaban J connectivity index is 1.87. The normalized spacial score (nSPS) is 15.3. The third-order valence-electron chi connectivity index (χ3n) is 9.74. The molecule has 0 aliphatic carbocycles. The molecule has 1 saturated heterocycles. The lowest BCUT2D eigenvalue weighted by molar-refractivity contribution is -0.0366. The van der Waals surface area contributed by atoms with Gasteiger partial charge in [-0.3, -0.25) is 0 Å². The van der Waals surface area contributed by atoms with Crippen LogP contribution in [0.1, 0.15) is 181 Å². The summed E-state index contributed by atoms with van der Waals surface area (Å²) in [6.07, 6.45) is 52.3.